The lowest BCUT2D eigenvalue weighted by Gasteiger charge is -2.36. The van der Waals surface area contributed by atoms with Crippen LogP contribution in [-0.2, 0) is 16.6 Å². The van der Waals surface area contributed by atoms with E-state index in [0.29, 0.717) is 19.0 Å². The zero-order valence-corrected chi connectivity index (χ0v) is 15.3. The number of nitrogens with zero attached hydrogens (tertiary/aromatic N) is 4. The number of hydrogen-bond donors (Lipinski definition) is 1. The Morgan fingerprint density at radius 2 is 2.16 bits per heavy atom. The van der Waals surface area contributed by atoms with Gasteiger partial charge in [0.25, 0.3) is 0 Å². The van der Waals surface area contributed by atoms with Crippen molar-refractivity contribution in [2.24, 2.45) is 7.05 Å². The van der Waals surface area contributed by atoms with Crippen molar-refractivity contribution in [1.82, 2.24) is 19.6 Å². The highest BCUT2D eigenvalue weighted by Crippen LogP contribution is 2.21. The van der Waals surface area contributed by atoms with Crippen molar-refractivity contribution in [3.8, 4) is 0 Å². The molecule has 2 aliphatic heterocycles. The van der Waals surface area contributed by atoms with Gasteiger partial charge >= 0.3 is 0 Å². The summed E-state index contributed by atoms with van der Waals surface area (Å²) in [5, 5.41) is 7.23. The van der Waals surface area contributed by atoms with Crippen molar-refractivity contribution in [2.75, 3.05) is 31.5 Å². The standard InChI is InChI=1S/C18H29N5O2/c1-14-16(12-21(2)20-14)19-17(24)13-23-9-4-3-6-15(23)8-11-22-10-5-7-18(22)25/h12,15H,3-11,13H2,1-2H3,(H,19,24)/t15-/m0/s1. The molecule has 0 saturated carbocycles. The molecule has 1 atom stereocenters. The van der Waals surface area contributed by atoms with Crippen molar-refractivity contribution in [3.05, 3.63) is 11.9 Å². The molecule has 7 nitrogen and oxygen atoms in total. The highest BCUT2D eigenvalue weighted by atomic mass is 16.2. The molecule has 1 aromatic rings. The van der Waals surface area contributed by atoms with Crippen LogP contribution in [0.1, 0.15) is 44.2 Å². The Bertz CT molecular complexity index is 627. The number of piperidine rings is 1. The molecule has 7 heteroatoms. The summed E-state index contributed by atoms with van der Waals surface area (Å²) >= 11 is 0. The summed E-state index contributed by atoms with van der Waals surface area (Å²) in [5.41, 5.74) is 1.61. The first kappa shape index (κ1) is 17.9. The molecule has 138 valence electrons. The van der Waals surface area contributed by atoms with Gasteiger partial charge in [-0.2, -0.15) is 5.10 Å². The Morgan fingerprint density at radius 3 is 2.84 bits per heavy atom. The van der Waals surface area contributed by atoms with Crippen molar-refractivity contribution < 1.29 is 9.59 Å². The summed E-state index contributed by atoms with van der Waals surface area (Å²) < 4.78 is 1.71. The van der Waals surface area contributed by atoms with Gasteiger partial charge in [0.1, 0.15) is 0 Å². The van der Waals surface area contributed by atoms with Gasteiger partial charge in [0.2, 0.25) is 11.8 Å². The molecular weight excluding hydrogens is 318 g/mol. The second kappa shape index (κ2) is 7.99. The fourth-order valence-electron chi connectivity index (χ4n) is 3.94. The maximum Gasteiger partial charge on any atom is 0.238 e. The Balaban J connectivity index is 1.52. The third kappa shape index (κ3) is 4.60. The predicted octanol–water partition coefficient (Wildman–Crippen LogP) is 1.53. The van der Waals surface area contributed by atoms with Gasteiger partial charge in [0.15, 0.2) is 0 Å². The summed E-state index contributed by atoms with van der Waals surface area (Å²) in [4.78, 5) is 28.5. The maximum absolute atomic E-state index is 12.4. The van der Waals surface area contributed by atoms with Crippen LogP contribution in [-0.4, -0.2) is 63.6 Å². The minimum absolute atomic E-state index is 0.0141. The van der Waals surface area contributed by atoms with Crippen LogP contribution in [0.15, 0.2) is 6.20 Å². The van der Waals surface area contributed by atoms with Crippen LogP contribution < -0.4 is 5.32 Å². The molecule has 2 amide bonds. The SMILES string of the molecule is Cc1nn(C)cc1NC(=O)CN1CCCC[C@H]1CCN1CCCC1=O. The Labute approximate surface area is 149 Å². The summed E-state index contributed by atoms with van der Waals surface area (Å²) in [6.45, 7) is 4.98. The highest BCUT2D eigenvalue weighted by Gasteiger charge is 2.27. The average molecular weight is 347 g/mol. The smallest absolute Gasteiger partial charge is 0.238 e. The van der Waals surface area contributed by atoms with E-state index in [2.05, 4.69) is 15.3 Å². The number of nitrogens with one attached hydrogen (secondary N) is 1. The number of rotatable bonds is 6. The van der Waals surface area contributed by atoms with Crippen LogP contribution in [0.5, 0.6) is 0 Å². The van der Waals surface area contributed by atoms with E-state index >= 15 is 0 Å². The summed E-state index contributed by atoms with van der Waals surface area (Å²) in [6.07, 6.45) is 7.93. The maximum atomic E-state index is 12.4. The molecule has 1 N–H and O–H groups in total. The second-order valence-electron chi connectivity index (χ2n) is 7.24. The van der Waals surface area contributed by atoms with E-state index in [1.165, 1.54) is 6.42 Å². The van der Waals surface area contributed by atoms with E-state index in [9.17, 15) is 9.59 Å². The van der Waals surface area contributed by atoms with E-state index in [1.807, 2.05) is 25.1 Å². The molecule has 1 aromatic heterocycles. The lowest BCUT2D eigenvalue weighted by Crippen LogP contribution is -2.45. The third-order valence-electron chi connectivity index (χ3n) is 5.29. The molecule has 2 fully saturated rings. The fraction of sp³-hybridized carbons (Fsp3) is 0.722. The van der Waals surface area contributed by atoms with Gasteiger partial charge in [0.05, 0.1) is 17.9 Å². The van der Waals surface area contributed by atoms with Crippen LogP contribution in [0.3, 0.4) is 0 Å². The number of hydrogen-bond acceptors (Lipinski definition) is 4. The lowest BCUT2D eigenvalue weighted by atomic mass is 9.99. The highest BCUT2D eigenvalue weighted by molar-refractivity contribution is 5.92. The topological polar surface area (TPSA) is 70.5 Å². The van der Waals surface area contributed by atoms with E-state index < -0.39 is 0 Å². The number of likely N-dealkylation sites (tertiary alicyclic amines) is 2. The molecule has 3 rings (SSSR count). The van der Waals surface area contributed by atoms with E-state index in [4.69, 9.17) is 0 Å². The van der Waals surface area contributed by atoms with Crippen molar-refractivity contribution in [2.45, 2.75) is 51.5 Å². The third-order valence-corrected chi connectivity index (χ3v) is 5.29. The van der Waals surface area contributed by atoms with Crippen LogP contribution >= 0.6 is 0 Å². The number of aryl methyl sites for hydroxylation is 2. The molecule has 0 radical (unpaired) electrons. The monoisotopic (exact) mass is 347 g/mol. The largest absolute Gasteiger partial charge is 0.343 e. The van der Waals surface area contributed by atoms with Gasteiger partial charge in [-0.3, -0.25) is 19.2 Å². The van der Waals surface area contributed by atoms with Gasteiger partial charge in [-0.25, -0.2) is 0 Å². The molecule has 0 spiro atoms. The van der Waals surface area contributed by atoms with Crippen LogP contribution in [0, 0.1) is 6.92 Å². The van der Waals surface area contributed by atoms with E-state index in [1.54, 1.807) is 4.68 Å². The Hall–Kier alpha value is -1.89. The quantitative estimate of drug-likeness (QED) is 0.847. The van der Waals surface area contributed by atoms with Gasteiger partial charge in [-0.05, 0) is 39.2 Å². The predicted molar refractivity (Wildman–Crippen MR) is 96.2 cm³/mol. The van der Waals surface area contributed by atoms with Crippen molar-refractivity contribution in [1.29, 1.82) is 0 Å². The zero-order valence-electron chi connectivity index (χ0n) is 15.3. The summed E-state index contributed by atoms with van der Waals surface area (Å²) in [7, 11) is 1.85. The number of amides is 2. The first-order valence-electron chi connectivity index (χ1n) is 9.35. The Morgan fingerprint density at radius 1 is 1.32 bits per heavy atom. The van der Waals surface area contributed by atoms with E-state index in [-0.39, 0.29) is 11.8 Å². The van der Waals surface area contributed by atoms with Crippen molar-refractivity contribution >= 4 is 17.5 Å². The lowest BCUT2D eigenvalue weighted by molar-refractivity contribution is -0.128. The molecule has 2 aliphatic rings. The van der Waals surface area contributed by atoms with Gasteiger partial charge in [-0.1, -0.05) is 6.42 Å². The minimum atomic E-state index is 0.0141. The number of anilines is 1. The first-order valence-corrected chi connectivity index (χ1v) is 9.35. The fourth-order valence-corrected chi connectivity index (χ4v) is 3.94. The van der Waals surface area contributed by atoms with Crippen molar-refractivity contribution in [3.63, 3.8) is 0 Å². The van der Waals surface area contributed by atoms with Gasteiger partial charge in [0, 0.05) is 38.8 Å². The molecule has 0 aliphatic carbocycles. The average Bonchev–Trinajstić information content (AvgIpc) is 3.11. The second-order valence-corrected chi connectivity index (χ2v) is 7.24. The molecule has 0 unspecified atom stereocenters. The van der Waals surface area contributed by atoms with E-state index in [0.717, 1.165) is 56.7 Å². The van der Waals surface area contributed by atoms with Crippen LogP contribution in [0.4, 0.5) is 5.69 Å². The minimum Gasteiger partial charge on any atom is -0.343 e. The molecule has 25 heavy (non-hydrogen) atoms. The van der Waals surface area contributed by atoms with Gasteiger partial charge in [-0.15, -0.1) is 0 Å². The molecule has 0 bridgehead atoms. The van der Waals surface area contributed by atoms with Crippen LogP contribution in [0.25, 0.3) is 0 Å². The zero-order chi connectivity index (χ0) is 17.8. The summed E-state index contributed by atoms with van der Waals surface area (Å²) in [5.74, 6) is 0.299. The van der Waals surface area contributed by atoms with Crippen LogP contribution in [0.2, 0.25) is 0 Å². The molecule has 0 aromatic carbocycles. The summed E-state index contributed by atoms with van der Waals surface area (Å²) in [6, 6.07) is 0.392. The van der Waals surface area contributed by atoms with Gasteiger partial charge < -0.3 is 10.2 Å². The number of aromatic nitrogens is 2. The molecule has 3 heterocycles. The molecular formula is C18H29N5O2. The first-order chi connectivity index (χ1) is 12.0. The number of carbonyl (C=O) groups excluding carboxylic acids is 2. The Kier molecular flexibility index (Phi) is 5.73. The molecule has 2 saturated heterocycles. The normalized spacial score (nSPS) is 21.8. The number of carbonyl (C=O) groups is 2.